The maximum absolute atomic E-state index is 14.0. The lowest BCUT2D eigenvalue weighted by Gasteiger charge is -2.16. The van der Waals surface area contributed by atoms with Gasteiger partial charge in [-0.25, -0.2) is 4.98 Å². The van der Waals surface area contributed by atoms with Gasteiger partial charge in [-0.15, -0.1) is 11.3 Å². The molecule has 0 bridgehead atoms. The molecular weight excluding hydrogens is 455 g/mol. The van der Waals surface area contributed by atoms with E-state index in [1.165, 1.54) is 18.2 Å². The van der Waals surface area contributed by atoms with Crippen LogP contribution in [0.4, 0.5) is 8.78 Å². The fraction of sp³-hybridized carbons (Fsp3) is 0.143. The van der Waals surface area contributed by atoms with Gasteiger partial charge in [0.05, 0.1) is 6.54 Å². The molecule has 0 aliphatic heterocycles. The number of alkyl halides is 2. The molecule has 0 aliphatic rings. The quantitative estimate of drug-likeness (QED) is 0.430. The molecule has 2 heterocycles. The molecule has 0 saturated carbocycles. The predicted octanol–water partition coefficient (Wildman–Crippen LogP) is 3.54. The Labute approximate surface area is 157 Å². The van der Waals surface area contributed by atoms with Crippen LogP contribution in [-0.4, -0.2) is 25.7 Å². The Balaban J connectivity index is 1.93. The minimum Gasteiger partial charge on any atom is -0.347 e. The number of imidazole rings is 1. The van der Waals surface area contributed by atoms with E-state index >= 15 is 0 Å². The molecule has 0 fully saturated rings. The number of H-pyrrole nitrogens is 1. The number of fused-ring (bicyclic) bond motifs is 1. The summed E-state index contributed by atoms with van der Waals surface area (Å²) in [4.78, 5) is 36.1. The molecule has 0 atom stereocenters. The highest BCUT2D eigenvalue weighted by Gasteiger charge is 2.53. The summed E-state index contributed by atoms with van der Waals surface area (Å²) in [5.41, 5.74) is -4.11. The molecule has 0 saturated heterocycles. The number of aromatic nitrogens is 2. The SMILES string of the molecule is O=C(NCc1ncc[nH]1)c1ccc2sc(C(F)(F)P(=O)(O)O)c(Br)c2c1. The number of amides is 1. The van der Waals surface area contributed by atoms with Crippen LogP contribution in [0.2, 0.25) is 0 Å². The van der Waals surface area contributed by atoms with E-state index in [1.54, 1.807) is 12.4 Å². The number of thiophene rings is 1. The first-order valence-electron chi connectivity index (χ1n) is 7.03. The van der Waals surface area contributed by atoms with E-state index in [9.17, 15) is 18.1 Å². The zero-order valence-corrected chi connectivity index (χ0v) is 16.0. The first-order valence-corrected chi connectivity index (χ1v) is 10.3. The third kappa shape index (κ3) is 3.45. The van der Waals surface area contributed by atoms with Crippen LogP contribution < -0.4 is 5.32 Å². The van der Waals surface area contributed by atoms with Crippen LogP contribution >= 0.6 is 34.9 Å². The molecule has 3 rings (SSSR count). The van der Waals surface area contributed by atoms with Crippen LogP contribution in [0.1, 0.15) is 21.1 Å². The lowest BCUT2D eigenvalue weighted by molar-refractivity contribution is 0.0595. The second kappa shape index (κ2) is 6.82. The number of rotatable bonds is 5. The van der Waals surface area contributed by atoms with Gasteiger partial charge in [0.25, 0.3) is 5.91 Å². The molecule has 1 amide bonds. The molecule has 0 spiro atoms. The number of halogens is 3. The standard InChI is InChI=1S/C14H11BrF2N3O4PS/c15-11-8-5-7(13(21)20-6-10-18-3-4-19-10)1-2-9(8)26-12(11)14(16,17)25(22,23)24/h1-5H,6H2,(H,18,19)(H,20,21)(H2,22,23,24). The third-order valence-electron chi connectivity index (χ3n) is 3.50. The summed E-state index contributed by atoms with van der Waals surface area (Å²) in [6.07, 6.45) is 3.15. The maximum atomic E-state index is 14.0. The average Bonchev–Trinajstić information content (AvgIpc) is 3.19. The molecule has 4 N–H and O–H groups in total. The zero-order valence-electron chi connectivity index (χ0n) is 12.7. The summed E-state index contributed by atoms with van der Waals surface area (Å²) >= 11 is 3.53. The normalized spacial score (nSPS) is 12.5. The molecule has 26 heavy (non-hydrogen) atoms. The number of hydrogen-bond acceptors (Lipinski definition) is 4. The van der Waals surface area contributed by atoms with Crippen LogP contribution in [0.25, 0.3) is 10.1 Å². The van der Waals surface area contributed by atoms with Crippen molar-refractivity contribution in [3.8, 4) is 0 Å². The topological polar surface area (TPSA) is 115 Å². The number of carbonyl (C=O) groups is 1. The Hall–Kier alpha value is -1.65. The van der Waals surface area contributed by atoms with Crippen molar-refractivity contribution >= 4 is 50.9 Å². The Kier molecular flexibility index (Phi) is 5.02. The van der Waals surface area contributed by atoms with E-state index in [0.29, 0.717) is 21.9 Å². The van der Waals surface area contributed by atoms with Gasteiger partial charge in [-0.2, -0.15) is 8.78 Å². The lowest BCUT2D eigenvalue weighted by Crippen LogP contribution is -2.23. The molecule has 0 unspecified atom stereocenters. The van der Waals surface area contributed by atoms with E-state index in [0.717, 1.165) is 0 Å². The van der Waals surface area contributed by atoms with Crippen LogP contribution in [0.3, 0.4) is 0 Å². The molecular formula is C14H11BrF2N3O4PS. The summed E-state index contributed by atoms with van der Waals surface area (Å²) in [6.45, 7) is 0.163. The van der Waals surface area contributed by atoms with E-state index in [2.05, 4.69) is 31.2 Å². The highest BCUT2D eigenvalue weighted by Crippen LogP contribution is 2.62. The van der Waals surface area contributed by atoms with Gasteiger partial charge in [-0.05, 0) is 34.1 Å². The molecule has 3 aromatic rings. The van der Waals surface area contributed by atoms with Crippen LogP contribution in [0.5, 0.6) is 0 Å². The second-order valence-electron chi connectivity index (χ2n) is 5.26. The Bertz CT molecular complexity index is 1020. The van der Waals surface area contributed by atoms with Crippen molar-refractivity contribution in [1.29, 1.82) is 0 Å². The first-order chi connectivity index (χ1) is 12.1. The van der Waals surface area contributed by atoms with E-state index in [1.807, 2.05) is 0 Å². The van der Waals surface area contributed by atoms with Gasteiger partial charge in [0, 0.05) is 32.5 Å². The Morgan fingerprint density at radius 2 is 2.15 bits per heavy atom. The monoisotopic (exact) mass is 465 g/mol. The van der Waals surface area contributed by atoms with Crippen molar-refractivity contribution in [2.45, 2.75) is 12.2 Å². The second-order valence-corrected chi connectivity index (χ2v) is 8.75. The van der Waals surface area contributed by atoms with Crippen LogP contribution in [0, 0.1) is 0 Å². The summed E-state index contributed by atoms with van der Waals surface area (Å²) in [5.74, 6) is 0.115. The van der Waals surface area contributed by atoms with Crippen LogP contribution in [-0.2, 0) is 16.8 Å². The molecule has 7 nitrogen and oxygen atoms in total. The van der Waals surface area contributed by atoms with Crippen molar-refractivity contribution in [1.82, 2.24) is 15.3 Å². The van der Waals surface area contributed by atoms with Crippen LogP contribution in [0.15, 0.2) is 35.1 Å². The molecule has 138 valence electrons. The van der Waals surface area contributed by atoms with Crippen molar-refractivity contribution in [3.05, 3.63) is 51.3 Å². The minimum atomic E-state index is -5.68. The van der Waals surface area contributed by atoms with E-state index < -0.39 is 24.0 Å². The van der Waals surface area contributed by atoms with E-state index in [4.69, 9.17) is 9.79 Å². The van der Waals surface area contributed by atoms with Crippen molar-refractivity contribution in [3.63, 3.8) is 0 Å². The summed E-state index contributed by atoms with van der Waals surface area (Å²) < 4.78 is 39.4. The van der Waals surface area contributed by atoms with E-state index in [-0.39, 0.29) is 22.0 Å². The number of benzene rings is 1. The summed E-state index contributed by atoms with van der Waals surface area (Å²) in [5, 5.41) is 2.90. The summed E-state index contributed by atoms with van der Waals surface area (Å²) in [7, 11) is -5.68. The van der Waals surface area contributed by atoms with Gasteiger partial charge in [-0.1, -0.05) is 0 Å². The number of carbonyl (C=O) groups excluding carboxylic acids is 1. The third-order valence-corrected chi connectivity index (χ3v) is 6.93. The Morgan fingerprint density at radius 3 is 2.77 bits per heavy atom. The number of hydrogen-bond donors (Lipinski definition) is 4. The number of nitrogens with one attached hydrogen (secondary N) is 2. The molecule has 12 heteroatoms. The molecule has 0 radical (unpaired) electrons. The highest BCUT2D eigenvalue weighted by atomic mass is 79.9. The molecule has 2 aromatic heterocycles. The zero-order chi connectivity index (χ0) is 19.1. The van der Waals surface area contributed by atoms with Crippen molar-refractivity contribution < 1.29 is 27.9 Å². The highest BCUT2D eigenvalue weighted by molar-refractivity contribution is 9.10. The Morgan fingerprint density at radius 1 is 1.42 bits per heavy atom. The van der Waals surface area contributed by atoms with Crippen molar-refractivity contribution in [2.75, 3.05) is 0 Å². The predicted molar refractivity (Wildman–Crippen MR) is 95.2 cm³/mol. The average molecular weight is 466 g/mol. The van der Waals surface area contributed by atoms with Gasteiger partial charge < -0.3 is 20.1 Å². The van der Waals surface area contributed by atoms with Gasteiger partial charge >= 0.3 is 13.3 Å². The van der Waals surface area contributed by atoms with Gasteiger partial charge in [0.2, 0.25) is 0 Å². The largest absolute Gasteiger partial charge is 0.400 e. The maximum Gasteiger partial charge on any atom is 0.400 e. The fourth-order valence-electron chi connectivity index (χ4n) is 2.20. The van der Waals surface area contributed by atoms with Crippen molar-refractivity contribution in [2.24, 2.45) is 0 Å². The molecule has 0 aliphatic carbocycles. The molecule has 1 aromatic carbocycles. The van der Waals surface area contributed by atoms with Gasteiger partial charge in [0.1, 0.15) is 10.7 Å². The van der Waals surface area contributed by atoms with Gasteiger partial charge in [0.15, 0.2) is 0 Å². The number of nitrogens with zero attached hydrogens (tertiary/aromatic N) is 1. The lowest BCUT2D eigenvalue weighted by atomic mass is 10.1. The fourth-order valence-corrected chi connectivity index (χ4v) is 5.12. The number of aromatic amines is 1. The smallest absolute Gasteiger partial charge is 0.347 e. The first kappa shape index (κ1) is 19.1. The minimum absolute atomic E-state index is 0.147. The van der Waals surface area contributed by atoms with Gasteiger partial charge in [-0.3, -0.25) is 9.36 Å². The summed E-state index contributed by atoms with van der Waals surface area (Å²) in [6, 6.07) is 4.28.